The highest BCUT2D eigenvalue weighted by Crippen LogP contribution is 1.98. The first-order valence-corrected chi connectivity index (χ1v) is 5.86. The Morgan fingerprint density at radius 1 is 1.63 bits per heavy atom. The lowest BCUT2D eigenvalue weighted by atomic mass is 10.3. The third-order valence-corrected chi connectivity index (χ3v) is 2.55. The zero-order chi connectivity index (χ0) is 13.7. The van der Waals surface area contributed by atoms with Crippen LogP contribution in [0.1, 0.15) is 5.69 Å². The van der Waals surface area contributed by atoms with Crippen LogP contribution in [0, 0.1) is 0 Å². The predicted molar refractivity (Wildman–Crippen MR) is 62.1 cm³/mol. The minimum absolute atomic E-state index is 0.193. The van der Waals surface area contributed by atoms with Crippen molar-refractivity contribution in [1.82, 2.24) is 25.6 Å². The van der Waals surface area contributed by atoms with E-state index in [9.17, 15) is 9.59 Å². The van der Waals surface area contributed by atoms with E-state index >= 15 is 0 Å². The van der Waals surface area contributed by atoms with Crippen LogP contribution in [0.5, 0.6) is 0 Å². The average Bonchev–Trinajstić information content (AvgIpc) is 2.84. The van der Waals surface area contributed by atoms with E-state index in [0.717, 1.165) is 6.54 Å². The van der Waals surface area contributed by atoms with Crippen molar-refractivity contribution in [2.24, 2.45) is 0 Å². The molecule has 1 amide bonds. The number of carboxylic acid groups (broad SMARTS) is 1. The average molecular weight is 269 g/mol. The Labute approximate surface area is 108 Å². The van der Waals surface area contributed by atoms with Crippen LogP contribution < -0.4 is 10.6 Å². The highest BCUT2D eigenvalue weighted by Gasteiger charge is 2.21. The lowest BCUT2D eigenvalue weighted by Gasteiger charge is -2.22. The van der Waals surface area contributed by atoms with E-state index in [4.69, 9.17) is 9.84 Å². The molecule has 2 heterocycles. The Morgan fingerprint density at radius 3 is 3.16 bits per heavy atom. The van der Waals surface area contributed by atoms with Gasteiger partial charge < -0.3 is 20.5 Å². The molecule has 1 aromatic heterocycles. The minimum atomic E-state index is -0.998. The summed E-state index contributed by atoms with van der Waals surface area (Å²) < 4.78 is 6.49. The second-order valence-electron chi connectivity index (χ2n) is 4.08. The smallest absolute Gasteiger partial charge is 0.325 e. The standard InChI is InChI=1S/C10H15N5O4/c16-9(17)6-15-5-7(13-14-15)3-12-10(18)8-4-11-1-2-19-8/h5,8,11H,1-4,6H2,(H,12,18)(H,16,17). The summed E-state index contributed by atoms with van der Waals surface area (Å²) in [4.78, 5) is 22.2. The number of aromatic nitrogens is 3. The van der Waals surface area contributed by atoms with Gasteiger partial charge in [-0.25, -0.2) is 4.68 Å². The summed E-state index contributed by atoms with van der Waals surface area (Å²) in [5, 5.41) is 21.7. The molecule has 1 unspecified atom stereocenters. The van der Waals surface area contributed by atoms with Gasteiger partial charge in [-0.1, -0.05) is 5.21 Å². The van der Waals surface area contributed by atoms with Crippen LogP contribution in [0.25, 0.3) is 0 Å². The molecular weight excluding hydrogens is 254 g/mol. The van der Waals surface area contributed by atoms with Crippen molar-refractivity contribution in [3.63, 3.8) is 0 Å². The first-order valence-electron chi connectivity index (χ1n) is 5.86. The fourth-order valence-corrected chi connectivity index (χ4v) is 1.66. The fraction of sp³-hybridized carbons (Fsp3) is 0.600. The lowest BCUT2D eigenvalue weighted by Crippen LogP contribution is -2.47. The van der Waals surface area contributed by atoms with Gasteiger partial charge >= 0.3 is 5.97 Å². The molecule has 1 aliphatic heterocycles. The molecule has 3 N–H and O–H groups in total. The lowest BCUT2D eigenvalue weighted by molar-refractivity contribution is -0.138. The first-order chi connectivity index (χ1) is 9.15. The number of hydrogen-bond acceptors (Lipinski definition) is 6. The number of aliphatic carboxylic acids is 1. The molecule has 0 aromatic carbocycles. The van der Waals surface area contributed by atoms with Gasteiger partial charge in [0, 0.05) is 13.1 Å². The summed E-state index contributed by atoms with van der Waals surface area (Å²) >= 11 is 0. The third kappa shape index (κ3) is 4.00. The topological polar surface area (TPSA) is 118 Å². The van der Waals surface area contributed by atoms with Gasteiger partial charge in [0.1, 0.15) is 18.3 Å². The largest absolute Gasteiger partial charge is 0.480 e. The van der Waals surface area contributed by atoms with Gasteiger partial charge in [0.15, 0.2) is 0 Å². The van der Waals surface area contributed by atoms with Gasteiger partial charge in [-0.3, -0.25) is 9.59 Å². The highest BCUT2D eigenvalue weighted by atomic mass is 16.5. The molecule has 1 saturated heterocycles. The molecule has 9 heteroatoms. The van der Waals surface area contributed by atoms with Crippen molar-refractivity contribution in [1.29, 1.82) is 0 Å². The molecule has 1 atom stereocenters. The number of nitrogens with zero attached hydrogens (tertiary/aromatic N) is 3. The number of ether oxygens (including phenoxy) is 1. The summed E-state index contributed by atoms with van der Waals surface area (Å²) in [5.74, 6) is -1.22. The van der Waals surface area contributed by atoms with Crippen LogP contribution in [-0.4, -0.2) is 57.8 Å². The Morgan fingerprint density at radius 2 is 2.47 bits per heavy atom. The summed E-state index contributed by atoms with van der Waals surface area (Å²) in [6.07, 6.45) is 0.983. The van der Waals surface area contributed by atoms with E-state index in [0.29, 0.717) is 18.8 Å². The van der Waals surface area contributed by atoms with Crippen molar-refractivity contribution in [3.8, 4) is 0 Å². The van der Waals surface area contributed by atoms with Crippen molar-refractivity contribution in [2.45, 2.75) is 19.2 Å². The number of rotatable bonds is 5. The van der Waals surface area contributed by atoms with Crippen molar-refractivity contribution in [2.75, 3.05) is 19.7 Å². The Hall–Kier alpha value is -2.00. The van der Waals surface area contributed by atoms with Crippen LogP contribution >= 0.6 is 0 Å². The maximum absolute atomic E-state index is 11.7. The second-order valence-corrected chi connectivity index (χ2v) is 4.08. The van der Waals surface area contributed by atoms with Gasteiger partial charge in [0.25, 0.3) is 5.91 Å². The van der Waals surface area contributed by atoms with E-state index in [1.807, 2.05) is 0 Å². The van der Waals surface area contributed by atoms with Gasteiger partial charge in [0.2, 0.25) is 0 Å². The molecule has 9 nitrogen and oxygen atoms in total. The van der Waals surface area contributed by atoms with E-state index in [-0.39, 0.29) is 19.0 Å². The quantitative estimate of drug-likeness (QED) is 0.564. The fourth-order valence-electron chi connectivity index (χ4n) is 1.66. The van der Waals surface area contributed by atoms with E-state index < -0.39 is 12.1 Å². The monoisotopic (exact) mass is 269 g/mol. The van der Waals surface area contributed by atoms with Crippen LogP contribution in [0.15, 0.2) is 6.20 Å². The zero-order valence-corrected chi connectivity index (χ0v) is 10.2. The second kappa shape index (κ2) is 6.25. The molecule has 0 radical (unpaired) electrons. The van der Waals surface area contributed by atoms with Gasteiger partial charge in [-0.15, -0.1) is 5.10 Å². The van der Waals surface area contributed by atoms with Crippen molar-refractivity contribution >= 4 is 11.9 Å². The summed E-state index contributed by atoms with van der Waals surface area (Å²) in [5.41, 5.74) is 0.498. The Kier molecular flexibility index (Phi) is 4.42. The molecule has 1 aliphatic rings. The SMILES string of the molecule is O=C(O)Cn1cc(CNC(=O)C2CNCCO2)nn1. The van der Waals surface area contributed by atoms with Crippen molar-refractivity contribution in [3.05, 3.63) is 11.9 Å². The molecule has 2 rings (SSSR count). The van der Waals surface area contributed by atoms with Crippen molar-refractivity contribution < 1.29 is 19.4 Å². The molecule has 0 bridgehead atoms. The number of nitrogens with one attached hydrogen (secondary N) is 2. The highest BCUT2D eigenvalue weighted by molar-refractivity contribution is 5.81. The predicted octanol–water partition coefficient (Wildman–Crippen LogP) is -2.03. The van der Waals surface area contributed by atoms with Crippen LogP contribution in [0.2, 0.25) is 0 Å². The molecule has 0 aliphatic carbocycles. The van der Waals surface area contributed by atoms with E-state index in [2.05, 4.69) is 20.9 Å². The van der Waals surface area contributed by atoms with Crippen LogP contribution in [0.4, 0.5) is 0 Å². The van der Waals surface area contributed by atoms with Crippen LogP contribution in [0.3, 0.4) is 0 Å². The molecule has 0 spiro atoms. The maximum Gasteiger partial charge on any atom is 0.325 e. The summed E-state index contributed by atoms with van der Waals surface area (Å²) in [6.45, 7) is 1.67. The number of carbonyl (C=O) groups is 2. The summed E-state index contributed by atoms with van der Waals surface area (Å²) in [6, 6.07) is 0. The zero-order valence-electron chi connectivity index (χ0n) is 10.2. The first kappa shape index (κ1) is 13.4. The Bertz CT molecular complexity index is 455. The van der Waals surface area contributed by atoms with E-state index in [1.165, 1.54) is 10.9 Å². The molecule has 1 fully saturated rings. The number of hydrogen-bond donors (Lipinski definition) is 3. The normalized spacial score (nSPS) is 19.1. The summed E-state index contributed by atoms with van der Waals surface area (Å²) in [7, 11) is 0. The molecular formula is C10H15N5O4. The third-order valence-electron chi connectivity index (χ3n) is 2.55. The van der Waals surface area contributed by atoms with Gasteiger partial charge in [0.05, 0.1) is 19.3 Å². The number of carbonyl (C=O) groups excluding carboxylic acids is 1. The van der Waals surface area contributed by atoms with Crippen LogP contribution in [-0.2, 0) is 27.4 Å². The molecule has 104 valence electrons. The van der Waals surface area contributed by atoms with Gasteiger partial charge in [-0.2, -0.15) is 0 Å². The molecule has 1 aromatic rings. The van der Waals surface area contributed by atoms with E-state index in [1.54, 1.807) is 0 Å². The maximum atomic E-state index is 11.7. The number of amides is 1. The van der Waals surface area contributed by atoms with Gasteiger partial charge in [-0.05, 0) is 0 Å². The molecule has 0 saturated carbocycles. The number of morpholine rings is 1. The number of carboxylic acids is 1. The Balaban J connectivity index is 1.79. The molecule has 19 heavy (non-hydrogen) atoms. The minimum Gasteiger partial charge on any atom is -0.480 e.